The van der Waals surface area contributed by atoms with Gasteiger partial charge in [0.15, 0.2) is 0 Å². The molecule has 0 heterocycles. The molecule has 3 atom stereocenters. The number of likely N-dealkylation sites (N-methyl/N-ethyl adjacent to an activating group) is 1. The zero-order valence-corrected chi connectivity index (χ0v) is 10.4. The first-order chi connectivity index (χ1) is 6.91. The van der Waals surface area contributed by atoms with Gasteiger partial charge in [-0.15, -0.1) is 0 Å². The van der Waals surface area contributed by atoms with E-state index in [1.807, 2.05) is 40.1 Å². The highest BCUT2D eigenvalue weighted by Crippen LogP contribution is 2.15. The Morgan fingerprint density at radius 1 is 1.47 bits per heavy atom. The summed E-state index contributed by atoms with van der Waals surface area (Å²) in [5.41, 5.74) is 0. The number of Topliss-reactive ketones (excluding diaryl/α,β-unsaturated/α-hetero) is 1. The summed E-state index contributed by atoms with van der Waals surface area (Å²) in [7, 11) is 3.63. The topological polar surface area (TPSA) is 40.5 Å². The van der Waals surface area contributed by atoms with Crippen molar-refractivity contribution in [3.63, 3.8) is 0 Å². The van der Waals surface area contributed by atoms with Crippen LogP contribution in [0.5, 0.6) is 0 Å². The maximum absolute atomic E-state index is 11.4. The maximum atomic E-state index is 11.4. The van der Waals surface area contributed by atoms with E-state index in [-0.39, 0.29) is 11.7 Å². The van der Waals surface area contributed by atoms with Crippen LogP contribution in [-0.2, 0) is 4.79 Å². The molecule has 0 aromatic carbocycles. The van der Waals surface area contributed by atoms with Crippen LogP contribution in [0.15, 0.2) is 12.2 Å². The van der Waals surface area contributed by atoms with Crippen molar-refractivity contribution < 1.29 is 9.90 Å². The van der Waals surface area contributed by atoms with E-state index < -0.39 is 12.1 Å². The summed E-state index contributed by atoms with van der Waals surface area (Å²) >= 11 is 0. The Balaban J connectivity index is 4.48. The SMILES string of the molecule is CC=CC[C@@H](C)[C@@H](O)[C@@H](C(C)=O)N(C)C. The smallest absolute Gasteiger partial charge is 0.149 e. The van der Waals surface area contributed by atoms with Crippen LogP contribution >= 0.6 is 0 Å². The Hall–Kier alpha value is -0.670. The number of aliphatic hydroxyl groups excluding tert-OH is 1. The summed E-state index contributed by atoms with van der Waals surface area (Å²) in [6.07, 6.45) is 4.17. The molecule has 0 aromatic heterocycles. The third-order valence-corrected chi connectivity index (χ3v) is 2.62. The third kappa shape index (κ3) is 4.58. The van der Waals surface area contributed by atoms with E-state index in [2.05, 4.69) is 0 Å². The van der Waals surface area contributed by atoms with E-state index in [0.29, 0.717) is 0 Å². The molecule has 88 valence electrons. The van der Waals surface area contributed by atoms with Gasteiger partial charge in [0.2, 0.25) is 0 Å². The zero-order valence-electron chi connectivity index (χ0n) is 10.4. The van der Waals surface area contributed by atoms with Crippen LogP contribution in [0.2, 0.25) is 0 Å². The molecule has 3 nitrogen and oxygen atoms in total. The Kier molecular flexibility index (Phi) is 6.45. The maximum Gasteiger partial charge on any atom is 0.149 e. The van der Waals surface area contributed by atoms with Crippen LogP contribution in [0.1, 0.15) is 27.2 Å². The molecule has 0 saturated heterocycles. The van der Waals surface area contributed by atoms with Gasteiger partial charge in [-0.1, -0.05) is 19.1 Å². The number of hydrogen-bond acceptors (Lipinski definition) is 3. The van der Waals surface area contributed by atoms with Gasteiger partial charge in [-0.25, -0.2) is 0 Å². The van der Waals surface area contributed by atoms with Crippen LogP contribution in [0.3, 0.4) is 0 Å². The second-order valence-corrected chi connectivity index (χ2v) is 4.29. The van der Waals surface area contributed by atoms with Crippen molar-refractivity contribution in [1.82, 2.24) is 4.90 Å². The molecule has 0 rings (SSSR count). The van der Waals surface area contributed by atoms with Crippen molar-refractivity contribution >= 4 is 5.78 Å². The van der Waals surface area contributed by atoms with E-state index in [0.717, 1.165) is 6.42 Å². The first kappa shape index (κ1) is 14.3. The highest BCUT2D eigenvalue weighted by Gasteiger charge is 2.29. The molecule has 0 saturated carbocycles. The molecule has 0 bridgehead atoms. The lowest BCUT2D eigenvalue weighted by molar-refractivity contribution is -0.126. The molecule has 0 aliphatic rings. The monoisotopic (exact) mass is 213 g/mol. The van der Waals surface area contributed by atoms with Gasteiger partial charge in [-0.3, -0.25) is 9.69 Å². The van der Waals surface area contributed by atoms with Crippen molar-refractivity contribution in [2.45, 2.75) is 39.3 Å². The van der Waals surface area contributed by atoms with Gasteiger partial charge in [0.25, 0.3) is 0 Å². The van der Waals surface area contributed by atoms with Crippen molar-refractivity contribution in [3.05, 3.63) is 12.2 Å². The summed E-state index contributed by atoms with van der Waals surface area (Å²) in [5.74, 6) is 0.109. The molecule has 3 heteroatoms. The first-order valence-corrected chi connectivity index (χ1v) is 5.37. The van der Waals surface area contributed by atoms with Gasteiger partial charge in [-0.2, -0.15) is 0 Å². The number of nitrogens with zero attached hydrogens (tertiary/aromatic N) is 1. The van der Waals surface area contributed by atoms with Gasteiger partial charge in [0, 0.05) is 0 Å². The van der Waals surface area contributed by atoms with Gasteiger partial charge < -0.3 is 5.11 Å². The van der Waals surface area contributed by atoms with Crippen LogP contribution in [0.25, 0.3) is 0 Å². The Morgan fingerprint density at radius 2 is 2.00 bits per heavy atom. The molecule has 0 aromatic rings. The minimum Gasteiger partial charge on any atom is -0.391 e. The quantitative estimate of drug-likeness (QED) is 0.679. The summed E-state index contributed by atoms with van der Waals surface area (Å²) in [4.78, 5) is 13.2. The van der Waals surface area contributed by atoms with Gasteiger partial charge >= 0.3 is 0 Å². The van der Waals surface area contributed by atoms with Crippen molar-refractivity contribution in [2.24, 2.45) is 5.92 Å². The van der Waals surface area contributed by atoms with Crippen molar-refractivity contribution in [1.29, 1.82) is 0 Å². The average molecular weight is 213 g/mol. The summed E-state index contributed by atoms with van der Waals surface area (Å²) < 4.78 is 0. The fourth-order valence-corrected chi connectivity index (χ4v) is 1.71. The lowest BCUT2D eigenvalue weighted by atomic mass is 9.92. The fraction of sp³-hybridized carbons (Fsp3) is 0.750. The molecule has 0 aliphatic carbocycles. The summed E-state index contributed by atoms with van der Waals surface area (Å²) in [5, 5.41) is 10.0. The predicted octanol–water partition coefficient (Wildman–Crippen LogP) is 1.47. The molecule has 0 fully saturated rings. The number of carbonyl (C=O) groups is 1. The van der Waals surface area contributed by atoms with Gasteiger partial charge in [0.05, 0.1) is 12.1 Å². The molecule has 0 radical (unpaired) electrons. The average Bonchev–Trinajstić information content (AvgIpc) is 2.12. The van der Waals surface area contributed by atoms with E-state index >= 15 is 0 Å². The molecule has 0 unspecified atom stereocenters. The Labute approximate surface area is 92.8 Å². The molecule has 15 heavy (non-hydrogen) atoms. The highest BCUT2D eigenvalue weighted by atomic mass is 16.3. The third-order valence-electron chi connectivity index (χ3n) is 2.62. The minimum absolute atomic E-state index is 0.0137. The summed E-state index contributed by atoms with van der Waals surface area (Å²) in [6, 6.07) is -0.398. The number of carbonyl (C=O) groups excluding carboxylic acids is 1. The minimum atomic E-state index is -0.603. The highest BCUT2D eigenvalue weighted by molar-refractivity contribution is 5.82. The Morgan fingerprint density at radius 3 is 2.33 bits per heavy atom. The van der Waals surface area contributed by atoms with Crippen LogP contribution in [-0.4, -0.2) is 42.0 Å². The first-order valence-electron chi connectivity index (χ1n) is 5.37. The molecule has 0 aliphatic heterocycles. The second kappa shape index (κ2) is 6.75. The van der Waals surface area contributed by atoms with Crippen molar-refractivity contribution in [2.75, 3.05) is 14.1 Å². The van der Waals surface area contributed by atoms with Crippen molar-refractivity contribution in [3.8, 4) is 0 Å². The largest absolute Gasteiger partial charge is 0.391 e. The number of rotatable bonds is 6. The van der Waals surface area contributed by atoms with E-state index in [1.54, 1.807) is 4.90 Å². The van der Waals surface area contributed by atoms with Crippen LogP contribution in [0.4, 0.5) is 0 Å². The molecule has 0 spiro atoms. The molecule has 0 amide bonds. The van der Waals surface area contributed by atoms with E-state index in [4.69, 9.17) is 0 Å². The van der Waals surface area contributed by atoms with Gasteiger partial charge in [0.1, 0.15) is 5.78 Å². The predicted molar refractivity (Wildman–Crippen MR) is 62.8 cm³/mol. The number of ketones is 1. The molecular weight excluding hydrogens is 190 g/mol. The van der Waals surface area contributed by atoms with E-state index in [1.165, 1.54) is 6.92 Å². The number of hydrogen-bond donors (Lipinski definition) is 1. The lowest BCUT2D eigenvalue weighted by Crippen LogP contribution is -2.47. The number of aliphatic hydroxyl groups is 1. The standard InChI is InChI=1S/C12H23NO2/c1-6-7-8-9(2)12(15)11(10(3)14)13(4)5/h6-7,9,11-12,15H,8H2,1-5H3/t9-,11-,12-/m1/s1. The molecule has 1 N–H and O–H groups in total. The molecular formula is C12H23NO2. The zero-order chi connectivity index (χ0) is 12.0. The second-order valence-electron chi connectivity index (χ2n) is 4.29. The number of allylic oxidation sites excluding steroid dienone is 2. The summed E-state index contributed by atoms with van der Waals surface area (Å²) in [6.45, 7) is 5.44. The normalized spacial score (nSPS) is 18.1. The Bertz CT molecular complexity index is 224. The van der Waals surface area contributed by atoms with Crippen LogP contribution < -0.4 is 0 Å². The van der Waals surface area contributed by atoms with E-state index in [9.17, 15) is 9.90 Å². The fourth-order valence-electron chi connectivity index (χ4n) is 1.71. The lowest BCUT2D eigenvalue weighted by Gasteiger charge is -2.30. The van der Waals surface area contributed by atoms with Gasteiger partial charge in [-0.05, 0) is 40.3 Å². The van der Waals surface area contributed by atoms with Crippen LogP contribution in [0, 0.1) is 5.92 Å².